The Morgan fingerprint density at radius 1 is 1.11 bits per heavy atom. The summed E-state index contributed by atoms with van der Waals surface area (Å²) < 4.78 is 0. The number of nitro benzene ring substituents is 1. The van der Waals surface area contributed by atoms with Crippen LogP contribution in [0.1, 0.15) is 33.2 Å². The van der Waals surface area contributed by atoms with E-state index in [4.69, 9.17) is 5.73 Å². The lowest BCUT2D eigenvalue weighted by molar-refractivity contribution is -0.384. The van der Waals surface area contributed by atoms with Gasteiger partial charge in [0.15, 0.2) is 0 Å². The van der Waals surface area contributed by atoms with Gasteiger partial charge in [-0.3, -0.25) is 24.5 Å². The number of carbonyl (C=O) groups excluding carboxylic acids is 3. The molecule has 0 aromatic heterocycles. The van der Waals surface area contributed by atoms with Crippen molar-refractivity contribution in [1.82, 2.24) is 10.6 Å². The molecule has 2 aromatic rings. The molecule has 0 saturated heterocycles. The number of non-ortho nitro benzene ring substituents is 1. The first-order valence-electron chi connectivity index (χ1n) is 8.49. The summed E-state index contributed by atoms with van der Waals surface area (Å²) in [7, 11) is 0. The van der Waals surface area contributed by atoms with E-state index in [1.54, 1.807) is 18.2 Å². The highest BCUT2D eigenvalue weighted by molar-refractivity contribution is 5.97. The van der Waals surface area contributed by atoms with E-state index in [-0.39, 0.29) is 11.3 Å². The number of carbonyl (C=O) groups is 3. The third-order valence-electron chi connectivity index (χ3n) is 3.98. The van der Waals surface area contributed by atoms with Crippen molar-refractivity contribution in [3.63, 3.8) is 0 Å². The number of nitro groups is 1. The molecule has 2 aromatic carbocycles. The molecule has 9 heteroatoms. The van der Waals surface area contributed by atoms with Crippen molar-refractivity contribution in [2.24, 2.45) is 5.73 Å². The highest BCUT2D eigenvalue weighted by Crippen LogP contribution is 2.13. The molecular formula is C19H20N4O5. The van der Waals surface area contributed by atoms with Gasteiger partial charge in [-0.05, 0) is 37.1 Å². The molecule has 0 radical (unpaired) electrons. The van der Waals surface area contributed by atoms with Gasteiger partial charge in [-0.1, -0.05) is 18.2 Å². The lowest BCUT2D eigenvalue weighted by atomic mass is 10.1. The van der Waals surface area contributed by atoms with Gasteiger partial charge < -0.3 is 16.4 Å². The Bertz CT molecular complexity index is 913. The van der Waals surface area contributed by atoms with Crippen LogP contribution in [-0.4, -0.2) is 35.2 Å². The smallest absolute Gasteiger partial charge is 0.270 e. The third-order valence-corrected chi connectivity index (χ3v) is 3.98. The van der Waals surface area contributed by atoms with Crippen molar-refractivity contribution in [3.05, 3.63) is 75.3 Å². The molecule has 146 valence electrons. The maximum atomic E-state index is 12.2. The van der Waals surface area contributed by atoms with E-state index in [0.717, 1.165) is 11.6 Å². The van der Waals surface area contributed by atoms with Crippen LogP contribution in [0.2, 0.25) is 0 Å². The maximum absolute atomic E-state index is 12.2. The minimum Gasteiger partial charge on any atom is -0.366 e. The van der Waals surface area contributed by atoms with Crippen molar-refractivity contribution >= 4 is 23.4 Å². The van der Waals surface area contributed by atoms with Gasteiger partial charge in [0.25, 0.3) is 11.6 Å². The van der Waals surface area contributed by atoms with Gasteiger partial charge in [-0.2, -0.15) is 0 Å². The van der Waals surface area contributed by atoms with Crippen LogP contribution in [0, 0.1) is 10.1 Å². The van der Waals surface area contributed by atoms with E-state index >= 15 is 0 Å². The minimum absolute atomic E-state index is 0.0946. The van der Waals surface area contributed by atoms with Crippen molar-refractivity contribution < 1.29 is 19.3 Å². The average Bonchev–Trinajstić information content (AvgIpc) is 2.68. The van der Waals surface area contributed by atoms with Crippen molar-refractivity contribution in [2.45, 2.75) is 19.4 Å². The van der Waals surface area contributed by atoms with Crippen LogP contribution in [0.3, 0.4) is 0 Å². The summed E-state index contributed by atoms with van der Waals surface area (Å²) in [6.45, 7) is 1.82. The predicted molar refractivity (Wildman–Crippen MR) is 102 cm³/mol. The normalized spacial score (nSPS) is 11.3. The summed E-state index contributed by atoms with van der Waals surface area (Å²) in [5.41, 5.74) is 6.35. The van der Waals surface area contributed by atoms with E-state index in [2.05, 4.69) is 10.6 Å². The van der Waals surface area contributed by atoms with Gasteiger partial charge >= 0.3 is 0 Å². The lowest BCUT2D eigenvalue weighted by Gasteiger charge is -2.14. The van der Waals surface area contributed by atoms with Crippen LogP contribution in [0.4, 0.5) is 5.69 Å². The number of nitrogens with zero attached hydrogens (tertiary/aromatic N) is 1. The third kappa shape index (κ3) is 5.63. The zero-order valence-electron chi connectivity index (χ0n) is 15.2. The fourth-order valence-electron chi connectivity index (χ4n) is 2.47. The topological polar surface area (TPSA) is 144 Å². The number of hydrogen-bond donors (Lipinski definition) is 3. The van der Waals surface area contributed by atoms with Crippen LogP contribution >= 0.6 is 0 Å². The molecule has 1 unspecified atom stereocenters. The highest BCUT2D eigenvalue weighted by atomic mass is 16.6. The fraction of sp³-hybridized carbons (Fsp3) is 0.211. The largest absolute Gasteiger partial charge is 0.366 e. The summed E-state index contributed by atoms with van der Waals surface area (Å²) in [5.74, 6) is -1.51. The average molecular weight is 384 g/mol. The van der Waals surface area contributed by atoms with E-state index in [1.165, 1.54) is 25.1 Å². The first-order chi connectivity index (χ1) is 13.3. The molecule has 3 amide bonds. The maximum Gasteiger partial charge on any atom is 0.270 e. The number of primary amides is 1. The molecule has 0 aliphatic rings. The molecule has 0 spiro atoms. The molecule has 0 saturated carbocycles. The van der Waals surface area contributed by atoms with Crippen molar-refractivity contribution in [1.29, 1.82) is 0 Å². The fourth-order valence-corrected chi connectivity index (χ4v) is 2.47. The van der Waals surface area contributed by atoms with E-state index in [0.29, 0.717) is 18.5 Å². The molecular weight excluding hydrogens is 364 g/mol. The molecule has 0 heterocycles. The Morgan fingerprint density at radius 3 is 2.46 bits per heavy atom. The number of nitrogens with one attached hydrogen (secondary N) is 2. The molecule has 9 nitrogen and oxygen atoms in total. The summed E-state index contributed by atoms with van der Waals surface area (Å²) in [6, 6.07) is 11.2. The Morgan fingerprint density at radius 2 is 1.79 bits per heavy atom. The lowest BCUT2D eigenvalue weighted by Crippen LogP contribution is -2.45. The van der Waals surface area contributed by atoms with Gasteiger partial charge in [0.1, 0.15) is 6.04 Å². The number of nitrogens with two attached hydrogens (primary N) is 1. The molecule has 0 aliphatic carbocycles. The van der Waals surface area contributed by atoms with Crippen molar-refractivity contribution in [3.8, 4) is 0 Å². The second-order valence-corrected chi connectivity index (χ2v) is 6.11. The number of hydrogen-bond acceptors (Lipinski definition) is 5. The summed E-state index contributed by atoms with van der Waals surface area (Å²) >= 11 is 0. The van der Waals surface area contributed by atoms with E-state index < -0.39 is 28.7 Å². The number of amides is 3. The van der Waals surface area contributed by atoms with Gasteiger partial charge in [0.05, 0.1) is 4.92 Å². The molecule has 0 fully saturated rings. The molecule has 0 bridgehead atoms. The summed E-state index contributed by atoms with van der Waals surface area (Å²) in [6.07, 6.45) is 0.485. The Balaban J connectivity index is 1.86. The standard InChI is InChI=1S/C19H20N4O5/c1-12(22-19(26)15-6-3-7-16(11-15)23(27)28)18(25)21-9-8-13-4-2-5-14(10-13)17(20)24/h2-7,10-12H,8-9H2,1H3,(H2,20,24)(H,21,25)(H,22,26). The summed E-state index contributed by atoms with van der Waals surface area (Å²) in [5, 5.41) is 16.0. The summed E-state index contributed by atoms with van der Waals surface area (Å²) in [4.78, 5) is 45.7. The number of benzene rings is 2. The van der Waals surface area contributed by atoms with Crippen LogP contribution in [0.5, 0.6) is 0 Å². The first-order valence-corrected chi connectivity index (χ1v) is 8.49. The first kappa shape index (κ1) is 20.6. The van der Waals surface area contributed by atoms with Gasteiger partial charge in [0.2, 0.25) is 11.8 Å². The zero-order chi connectivity index (χ0) is 20.7. The minimum atomic E-state index is -0.830. The molecule has 0 aliphatic heterocycles. The second kappa shape index (κ2) is 9.26. The second-order valence-electron chi connectivity index (χ2n) is 6.11. The molecule has 28 heavy (non-hydrogen) atoms. The molecule has 2 rings (SSSR count). The Hall–Kier alpha value is -3.75. The Kier molecular flexibility index (Phi) is 6.80. The van der Waals surface area contributed by atoms with Crippen LogP contribution in [0.15, 0.2) is 48.5 Å². The van der Waals surface area contributed by atoms with E-state index in [1.807, 2.05) is 6.07 Å². The van der Waals surface area contributed by atoms with Crippen LogP contribution < -0.4 is 16.4 Å². The highest BCUT2D eigenvalue weighted by Gasteiger charge is 2.18. The van der Waals surface area contributed by atoms with Crippen LogP contribution in [-0.2, 0) is 11.2 Å². The van der Waals surface area contributed by atoms with Crippen molar-refractivity contribution in [2.75, 3.05) is 6.54 Å². The van der Waals surface area contributed by atoms with Gasteiger partial charge in [-0.15, -0.1) is 0 Å². The molecule has 4 N–H and O–H groups in total. The van der Waals surface area contributed by atoms with Crippen LogP contribution in [0.25, 0.3) is 0 Å². The van der Waals surface area contributed by atoms with E-state index in [9.17, 15) is 24.5 Å². The van der Waals surface area contributed by atoms with Gasteiger partial charge in [-0.25, -0.2) is 0 Å². The SMILES string of the molecule is CC(NC(=O)c1cccc([N+](=O)[O-])c1)C(=O)NCCc1cccc(C(N)=O)c1. The zero-order valence-corrected chi connectivity index (χ0v) is 15.2. The van der Waals surface area contributed by atoms with Gasteiger partial charge in [0, 0.05) is 29.8 Å². The quantitative estimate of drug-likeness (QED) is 0.462. The molecule has 1 atom stereocenters. The predicted octanol–water partition coefficient (Wildman–Crippen LogP) is 1.17. The monoisotopic (exact) mass is 384 g/mol. The Labute approximate surface area is 161 Å². The number of rotatable bonds is 8.